The van der Waals surface area contributed by atoms with Crippen LogP contribution >= 0.6 is 11.3 Å². The molecule has 24 heavy (non-hydrogen) atoms. The maximum Gasteiger partial charge on any atom is 0.315 e. The van der Waals surface area contributed by atoms with Gasteiger partial charge >= 0.3 is 6.03 Å². The lowest BCUT2D eigenvalue weighted by Gasteiger charge is -2.14. The van der Waals surface area contributed by atoms with Crippen LogP contribution in [0.3, 0.4) is 0 Å². The molecular weight excluding hydrogens is 324 g/mol. The van der Waals surface area contributed by atoms with Gasteiger partial charge in [0.2, 0.25) is 0 Å². The van der Waals surface area contributed by atoms with E-state index in [-0.39, 0.29) is 11.4 Å². The molecule has 0 unspecified atom stereocenters. The summed E-state index contributed by atoms with van der Waals surface area (Å²) < 4.78 is 1.84. The number of aromatic nitrogens is 4. The molecule has 0 radical (unpaired) electrons. The molecule has 3 aromatic heterocycles. The number of pyridine rings is 1. The number of urea groups is 1. The summed E-state index contributed by atoms with van der Waals surface area (Å²) in [6.45, 7) is 7.08. The molecule has 126 valence electrons. The molecule has 0 aliphatic heterocycles. The Balaban J connectivity index is 1.52. The summed E-state index contributed by atoms with van der Waals surface area (Å²) in [5.41, 5.74) is 1.82. The van der Waals surface area contributed by atoms with E-state index in [0.717, 1.165) is 16.3 Å². The molecule has 0 saturated heterocycles. The van der Waals surface area contributed by atoms with E-state index in [4.69, 9.17) is 0 Å². The van der Waals surface area contributed by atoms with E-state index >= 15 is 0 Å². The zero-order valence-corrected chi connectivity index (χ0v) is 14.7. The third kappa shape index (κ3) is 3.70. The normalized spacial score (nSPS) is 11.6. The molecule has 2 amide bonds. The number of hydrogen-bond acceptors (Lipinski definition) is 5. The Morgan fingerprint density at radius 1 is 1.21 bits per heavy atom. The van der Waals surface area contributed by atoms with Crippen molar-refractivity contribution in [3.05, 3.63) is 46.3 Å². The Morgan fingerprint density at radius 2 is 2.00 bits per heavy atom. The number of fused-ring (bicyclic) bond motifs is 1. The number of hydrogen-bond donors (Lipinski definition) is 2. The highest BCUT2D eigenvalue weighted by atomic mass is 32.1. The molecule has 3 aromatic rings. The average Bonchev–Trinajstić information content (AvgIpc) is 3.17. The summed E-state index contributed by atoms with van der Waals surface area (Å²) >= 11 is 1.56. The van der Waals surface area contributed by atoms with Crippen molar-refractivity contribution in [3.63, 3.8) is 0 Å². The fourth-order valence-corrected chi connectivity index (χ4v) is 3.09. The number of rotatable bonds is 4. The standard InChI is InChI=1S/C16H20N6OS/c1-16(2,3)11-10-24-14(19-11)9-18-15(23)17-8-13-21-20-12-6-4-5-7-22(12)13/h4-7,10H,8-9H2,1-3H3,(H2,17,18,23). The van der Waals surface area contributed by atoms with Crippen LogP contribution in [0.2, 0.25) is 0 Å². The van der Waals surface area contributed by atoms with Gasteiger partial charge in [-0.3, -0.25) is 4.40 Å². The van der Waals surface area contributed by atoms with Gasteiger partial charge in [-0.05, 0) is 12.1 Å². The molecule has 0 bridgehead atoms. The van der Waals surface area contributed by atoms with Gasteiger partial charge in [-0.15, -0.1) is 21.5 Å². The lowest BCUT2D eigenvalue weighted by molar-refractivity contribution is 0.240. The summed E-state index contributed by atoms with van der Waals surface area (Å²) in [4.78, 5) is 16.5. The van der Waals surface area contributed by atoms with Crippen LogP contribution in [0, 0.1) is 0 Å². The van der Waals surface area contributed by atoms with Gasteiger partial charge in [0.25, 0.3) is 0 Å². The van der Waals surface area contributed by atoms with Crippen LogP contribution in [-0.2, 0) is 18.5 Å². The predicted octanol–water partition coefficient (Wildman–Crippen LogP) is 2.48. The van der Waals surface area contributed by atoms with E-state index in [2.05, 4.69) is 46.6 Å². The van der Waals surface area contributed by atoms with Gasteiger partial charge in [-0.25, -0.2) is 9.78 Å². The number of carbonyl (C=O) groups excluding carboxylic acids is 1. The fraction of sp³-hybridized carbons (Fsp3) is 0.375. The van der Waals surface area contributed by atoms with E-state index in [1.807, 2.05) is 34.2 Å². The van der Waals surface area contributed by atoms with Crippen molar-refractivity contribution < 1.29 is 4.79 Å². The van der Waals surface area contributed by atoms with Crippen molar-refractivity contribution in [2.75, 3.05) is 0 Å². The number of nitrogens with zero attached hydrogens (tertiary/aromatic N) is 4. The maximum absolute atomic E-state index is 11.9. The Morgan fingerprint density at radius 3 is 2.75 bits per heavy atom. The lowest BCUT2D eigenvalue weighted by Crippen LogP contribution is -2.35. The minimum absolute atomic E-state index is 0.0196. The number of thiazole rings is 1. The topological polar surface area (TPSA) is 84.2 Å². The molecule has 2 N–H and O–H groups in total. The van der Waals surface area contributed by atoms with Crippen LogP contribution < -0.4 is 10.6 Å². The summed E-state index contributed by atoms with van der Waals surface area (Å²) in [7, 11) is 0. The van der Waals surface area contributed by atoms with E-state index in [1.165, 1.54) is 0 Å². The minimum Gasteiger partial charge on any atom is -0.332 e. The van der Waals surface area contributed by atoms with Crippen molar-refractivity contribution in [2.24, 2.45) is 0 Å². The molecule has 0 aromatic carbocycles. The van der Waals surface area contributed by atoms with Crippen LogP contribution in [0.15, 0.2) is 29.8 Å². The van der Waals surface area contributed by atoms with E-state index in [9.17, 15) is 4.79 Å². The van der Waals surface area contributed by atoms with Gasteiger partial charge in [0.05, 0.1) is 18.8 Å². The number of nitrogens with one attached hydrogen (secondary N) is 2. The smallest absolute Gasteiger partial charge is 0.315 e. The van der Waals surface area contributed by atoms with E-state index < -0.39 is 0 Å². The molecule has 0 saturated carbocycles. The van der Waals surface area contributed by atoms with Crippen LogP contribution in [0.5, 0.6) is 0 Å². The zero-order valence-electron chi connectivity index (χ0n) is 13.9. The molecule has 3 heterocycles. The molecule has 0 aliphatic carbocycles. The summed E-state index contributed by atoms with van der Waals surface area (Å²) in [6, 6.07) is 5.41. The number of amides is 2. The van der Waals surface area contributed by atoms with E-state index in [1.54, 1.807) is 11.3 Å². The van der Waals surface area contributed by atoms with Crippen LogP contribution in [0.4, 0.5) is 4.79 Å². The molecule has 8 heteroatoms. The first-order valence-electron chi connectivity index (χ1n) is 7.69. The van der Waals surface area contributed by atoms with Gasteiger partial charge in [0.15, 0.2) is 11.5 Å². The van der Waals surface area contributed by atoms with Crippen molar-refractivity contribution in [2.45, 2.75) is 39.3 Å². The highest BCUT2D eigenvalue weighted by Crippen LogP contribution is 2.23. The molecule has 7 nitrogen and oxygen atoms in total. The van der Waals surface area contributed by atoms with Crippen molar-refractivity contribution in [1.29, 1.82) is 0 Å². The average molecular weight is 344 g/mol. The molecule has 3 rings (SSSR count). The molecule has 0 spiro atoms. The van der Waals surface area contributed by atoms with Crippen molar-refractivity contribution in [1.82, 2.24) is 30.2 Å². The Labute approximate surface area is 144 Å². The molecule has 0 fully saturated rings. The third-order valence-corrected chi connectivity index (χ3v) is 4.36. The minimum atomic E-state index is -0.254. The second kappa shape index (κ2) is 6.56. The van der Waals surface area contributed by atoms with Crippen molar-refractivity contribution >= 4 is 23.0 Å². The summed E-state index contributed by atoms with van der Waals surface area (Å²) in [5.74, 6) is 0.685. The highest BCUT2D eigenvalue weighted by Gasteiger charge is 2.17. The molecule has 0 aliphatic rings. The van der Waals surface area contributed by atoms with Gasteiger partial charge in [0.1, 0.15) is 5.01 Å². The summed E-state index contributed by atoms with van der Waals surface area (Å²) in [5, 5.41) is 16.7. The Hall–Kier alpha value is -2.48. The largest absolute Gasteiger partial charge is 0.332 e. The second-order valence-corrected chi connectivity index (χ2v) is 7.40. The zero-order chi connectivity index (χ0) is 17.2. The first-order chi connectivity index (χ1) is 11.4. The van der Waals surface area contributed by atoms with Crippen LogP contribution in [-0.4, -0.2) is 25.6 Å². The van der Waals surface area contributed by atoms with Gasteiger partial charge in [-0.2, -0.15) is 0 Å². The maximum atomic E-state index is 11.9. The SMILES string of the molecule is CC(C)(C)c1csc(CNC(=O)NCc2nnc3ccccn23)n1. The van der Waals surface area contributed by atoms with Gasteiger partial charge < -0.3 is 10.6 Å². The Kier molecular flexibility index (Phi) is 4.48. The predicted molar refractivity (Wildman–Crippen MR) is 92.9 cm³/mol. The first kappa shape index (κ1) is 16.4. The fourth-order valence-electron chi connectivity index (χ4n) is 2.13. The lowest BCUT2D eigenvalue weighted by atomic mass is 9.93. The van der Waals surface area contributed by atoms with Crippen LogP contribution in [0.1, 0.15) is 37.3 Å². The monoisotopic (exact) mass is 344 g/mol. The number of carbonyl (C=O) groups is 1. The van der Waals surface area contributed by atoms with Crippen LogP contribution in [0.25, 0.3) is 5.65 Å². The second-order valence-electron chi connectivity index (χ2n) is 6.46. The quantitative estimate of drug-likeness (QED) is 0.761. The van der Waals surface area contributed by atoms with Crippen molar-refractivity contribution in [3.8, 4) is 0 Å². The highest BCUT2D eigenvalue weighted by molar-refractivity contribution is 7.09. The Bertz CT molecular complexity index is 847. The summed E-state index contributed by atoms with van der Waals surface area (Å²) in [6.07, 6.45) is 1.87. The first-order valence-corrected chi connectivity index (χ1v) is 8.57. The van der Waals surface area contributed by atoms with E-state index in [0.29, 0.717) is 18.9 Å². The van der Waals surface area contributed by atoms with Gasteiger partial charge in [-0.1, -0.05) is 26.8 Å². The van der Waals surface area contributed by atoms with Gasteiger partial charge in [0, 0.05) is 17.0 Å². The third-order valence-electron chi connectivity index (χ3n) is 3.51. The molecular formula is C16H20N6OS. The molecule has 0 atom stereocenters.